The molecule has 0 unspecified atom stereocenters. The number of amides is 1. The van der Waals surface area contributed by atoms with Crippen LogP contribution < -0.4 is 14.4 Å². The quantitative estimate of drug-likeness (QED) is 0.555. The first-order valence-electron chi connectivity index (χ1n) is 9.19. The van der Waals surface area contributed by atoms with Gasteiger partial charge in [-0.3, -0.25) is 9.10 Å². The zero-order chi connectivity index (χ0) is 22.6. The number of methoxy groups -OCH3 is 1. The molecule has 0 aliphatic rings. The van der Waals surface area contributed by atoms with E-state index in [1.807, 2.05) is 0 Å². The molecule has 0 aliphatic heterocycles. The summed E-state index contributed by atoms with van der Waals surface area (Å²) in [6, 6.07) is 16.1. The Balaban J connectivity index is 2.01. The summed E-state index contributed by atoms with van der Waals surface area (Å²) in [5, 5.41) is 2.93. The van der Waals surface area contributed by atoms with Crippen molar-refractivity contribution in [2.45, 2.75) is 11.8 Å². The van der Waals surface area contributed by atoms with Crippen LogP contribution in [0.4, 0.5) is 15.8 Å². The van der Waals surface area contributed by atoms with Gasteiger partial charge in [-0.05, 0) is 67.1 Å². The Labute approximate surface area is 185 Å². The predicted molar refractivity (Wildman–Crippen MR) is 119 cm³/mol. The molecule has 3 aromatic carbocycles. The summed E-state index contributed by atoms with van der Waals surface area (Å²) in [5.41, 5.74) is 1.16. The summed E-state index contributed by atoms with van der Waals surface area (Å²) in [6.45, 7) is 1.21. The number of ether oxygens (including phenoxy) is 1. The lowest BCUT2D eigenvalue weighted by Gasteiger charge is -2.25. The minimum Gasteiger partial charge on any atom is -0.495 e. The number of anilines is 2. The molecule has 1 amide bonds. The van der Waals surface area contributed by atoms with Crippen molar-refractivity contribution in [1.29, 1.82) is 0 Å². The van der Waals surface area contributed by atoms with Crippen molar-refractivity contribution in [2.75, 3.05) is 23.3 Å². The first-order valence-corrected chi connectivity index (χ1v) is 11.0. The molecule has 162 valence electrons. The number of hydrogen-bond acceptors (Lipinski definition) is 4. The minimum absolute atomic E-state index is 0.0801. The van der Waals surface area contributed by atoms with Crippen LogP contribution in [0.25, 0.3) is 0 Å². The summed E-state index contributed by atoms with van der Waals surface area (Å²) in [7, 11) is -2.83. The molecular formula is C22H20ClFN2O4S. The van der Waals surface area contributed by atoms with Gasteiger partial charge in [0.2, 0.25) is 5.91 Å². The molecule has 0 fully saturated rings. The van der Waals surface area contributed by atoms with E-state index in [1.165, 1.54) is 55.6 Å². The lowest BCUT2D eigenvalue weighted by molar-refractivity contribution is -0.114. The summed E-state index contributed by atoms with van der Waals surface area (Å²) in [5.74, 6) is -1.02. The Kier molecular flexibility index (Phi) is 6.82. The highest BCUT2D eigenvalue weighted by Crippen LogP contribution is 2.31. The van der Waals surface area contributed by atoms with Gasteiger partial charge in [-0.15, -0.1) is 0 Å². The molecule has 3 aromatic rings. The van der Waals surface area contributed by atoms with E-state index in [0.717, 1.165) is 10.4 Å². The van der Waals surface area contributed by atoms with Crippen LogP contribution in [0.15, 0.2) is 71.6 Å². The van der Waals surface area contributed by atoms with Crippen molar-refractivity contribution >= 4 is 38.9 Å². The van der Waals surface area contributed by atoms with E-state index in [4.69, 9.17) is 16.3 Å². The summed E-state index contributed by atoms with van der Waals surface area (Å²) in [6.07, 6.45) is 0. The zero-order valence-corrected chi connectivity index (χ0v) is 18.4. The molecule has 0 heterocycles. The van der Waals surface area contributed by atoms with E-state index in [9.17, 15) is 17.6 Å². The molecule has 0 saturated heterocycles. The molecule has 0 atom stereocenters. The normalized spacial score (nSPS) is 11.1. The Hall–Kier alpha value is -3.10. The molecule has 0 bridgehead atoms. The lowest BCUT2D eigenvalue weighted by atomic mass is 10.2. The van der Waals surface area contributed by atoms with Crippen molar-refractivity contribution < 1.29 is 22.3 Å². The van der Waals surface area contributed by atoms with Crippen molar-refractivity contribution in [2.24, 2.45) is 0 Å². The fourth-order valence-corrected chi connectivity index (χ4v) is 4.71. The molecule has 0 radical (unpaired) electrons. The van der Waals surface area contributed by atoms with Gasteiger partial charge in [0, 0.05) is 10.7 Å². The van der Waals surface area contributed by atoms with Gasteiger partial charge in [0.15, 0.2) is 0 Å². The lowest BCUT2D eigenvalue weighted by Crippen LogP contribution is -2.38. The van der Waals surface area contributed by atoms with E-state index in [2.05, 4.69) is 5.32 Å². The maximum atomic E-state index is 13.6. The monoisotopic (exact) mass is 462 g/mol. The van der Waals surface area contributed by atoms with Gasteiger partial charge >= 0.3 is 0 Å². The van der Waals surface area contributed by atoms with E-state index in [0.29, 0.717) is 10.6 Å². The number of halogens is 2. The second-order valence-electron chi connectivity index (χ2n) is 6.70. The van der Waals surface area contributed by atoms with Gasteiger partial charge in [0.1, 0.15) is 23.0 Å². The second-order valence-corrected chi connectivity index (χ2v) is 8.97. The number of hydrogen-bond donors (Lipinski definition) is 1. The van der Waals surface area contributed by atoms with E-state index in [-0.39, 0.29) is 22.0 Å². The number of carbonyl (C=O) groups excluding carboxylic acids is 1. The number of benzene rings is 3. The van der Waals surface area contributed by atoms with Gasteiger partial charge in [-0.2, -0.15) is 0 Å². The van der Waals surface area contributed by atoms with Crippen LogP contribution in [0.1, 0.15) is 5.56 Å². The van der Waals surface area contributed by atoms with Crippen LogP contribution in [0.3, 0.4) is 0 Å². The van der Waals surface area contributed by atoms with Gasteiger partial charge in [-0.1, -0.05) is 23.7 Å². The van der Waals surface area contributed by atoms with Crippen LogP contribution in [-0.4, -0.2) is 28.0 Å². The number of rotatable bonds is 7. The summed E-state index contributed by atoms with van der Waals surface area (Å²) < 4.78 is 46.8. The number of nitrogens with one attached hydrogen (secondary N) is 1. The van der Waals surface area contributed by atoms with Crippen molar-refractivity contribution in [3.63, 3.8) is 0 Å². The smallest absolute Gasteiger partial charge is 0.268 e. The average Bonchev–Trinajstić information content (AvgIpc) is 2.72. The Morgan fingerprint density at radius 2 is 1.81 bits per heavy atom. The van der Waals surface area contributed by atoms with Crippen molar-refractivity contribution in [3.05, 3.63) is 83.1 Å². The van der Waals surface area contributed by atoms with Crippen LogP contribution in [0.5, 0.6) is 5.75 Å². The average molecular weight is 463 g/mol. The fraction of sp³-hybridized carbons (Fsp3) is 0.136. The molecule has 0 spiro atoms. The molecule has 0 aromatic heterocycles. The molecule has 31 heavy (non-hydrogen) atoms. The zero-order valence-electron chi connectivity index (χ0n) is 16.8. The van der Waals surface area contributed by atoms with Crippen LogP contribution >= 0.6 is 11.6 Å². The standard InChI is InChI=1S/C22H20ClFN2O4S/c1-15-6-11-20(30-2)21(12-15)31(28,29)26(19-9-7-16(23)8-10-19)14-22(27)25-18-5-3-4-17(24)13-18/h3-13H,14H2,1-2H3,(H,25,27). The SMILES string of the molecule is COc1ccc(C)cc1S(=O)(=O)N(CC(=O)Nc1cccc(F)c1)c1ccc(Cl)cc1. The third-order valence-corrected chi connectivity index (χ3v) is 6.44. The van der Waals surface area contributed by atoms with Gasteiger partial charge in [0.25, 0.3) is 10.0 Å². The number of aryl methyl sites for hydroxylation is 1. The predicted octanol–water partition coefficient (Wildman–Crippen LogP) is 4.63. The van der Waals surface area contributed by atoms with Crippen molar-refractivity contribution in [1.82, 2.24) is 0 Å². The molecular weight excluding hydrogens is 443 g/mol. The van der Waals surface area contributed by atoms with Gasteiger partial charge in [-0.25, -0.2) is 12.8 Å². The molecule has 9 heteroatoms. The fourth-order valence-electron chi connectivity index (χ4n) is 2.92. The first kappa shape index (κ1) is 22.6. The van der Waals surface area contributed by atoms with Crippen LogP contribution in [-0.2, 0) is 14.8 Å². The highest BCUT2D eigenvalue weighted by atomic mass is 35.5. The second kappa shape index (κ2) is 9.36. The Morgan fingerprint density at radius 1 is 1.10 bits per heavy atom. The third-order valence-electron chi connectivity index (χ3n) is 4.40. The topological polar surface area (TPSA) is 75.7 Å². The number of nitrogens with zero attached hydrogens (tertiary/aromatic N) is 1. The van der Waals surface area contributed by atoms with Crippen LogP contribution in [0, 0.1) is 12.7 Å². The molecule has 6 nitrogen and oxygen atoms in total. The third kappa shape index (κ3) is 5.34. The largest absolute Gasteiger partial charge is 0.495 e. The van der Waals surface area contributed by atoms with Crippen LogP contribution in [0.2, 0.25) is 5.02 Å². The summed E-state index contributed by atoms with van der Waals surface area (Å²) in [4.78, 5) is 12.6. The van der Waals surface area contributed by atoms with Gasteiger partial charge in [0.05, 0.1) is 12.8 Å². The maximum Gasteiger partial charge on any atom is 0.268 e. The van der Waals surface area contributed by atoms with E-state index >= 15 is 0 Å². The first-order chi connectivity index (χ1) is 14.7. The highest BCUT2D eigenvalue weighted by molar-refractivity contribution is 7.93. The van der Waals surface area contributed by atoms with Gasteiger partial charge < -0.3 is 10.1 Å². The highest BCUT2D eigenvalue weighted by Gasteiger charge is 2.30. The maximum absolute atomic E-state index is 13.6. The number of carbonyl (C=O) groups is 1. The van der Waals surface area contributed by atoms with E-state index < -0.39 is 28.3 Å². The number of sulfonamides is 1. The molecule has 3 rings (SSSR count). The van der Waals surface area contributed by atoms with E-state index in [1.54, 1.807) is 19.1 Å². The Morgan fingerprint density at radius 3 is 2.45 bits per heavy atom. The molecule has 0 saturated carbocycles. The minimum atomic E-state index is -4.20. The molecule has 1 N–H and O–H groups in total. The summed E-state index contributed by atoms with van der Waals surface area (Å²) >= 11 is 5.94. The molecule has 0 aliphatic carbocycles. The Bertz CT molecular complexity index is 1200. The van der Waals surface area contributed by atoms with Crippen molar-refractivity contribution in [3.8, 4) is 5.75 Å².